The Bertz CT molecular complexity index is 1130. The Morgan fingerprint density at radius 1 is 1.19 bits per heavy atom. The Labute approximate surface area is 166 Å². The number of rotatable bonds is 5. The molecule has 0 saturated heterocycles. The van der Waals surface area contributed by atoms with Crippen molar-refractivity contribution in [2.45, 2.75) is 13.2 Å². The molecule has 2 aromatic carbocycles. The number of benzene rings is 2. The highest BCUT2D eigenvalue weighted by Crippen LogP contribution is 2.34. The SMILES string of the molecule is CC(=O)OC(c1ccc(Cl)cc1Cl)n1ccc2c(NS(C)(=O)=O)cccc21. The van der Waals surface area contributed by atoms with Gasteiger partial charge in [-0.3, -0.25) is 9.52 Å². The van der Waals surface area contributed by atoms with Crippen LogP contribution in [0.3, 0.4) is 0 Å². The van der Waals surface area contributed by atoms with Gasteiger partial charge in [-0.1, -0.05) is 35.3 Å². The minimum atomic E-state index is -3.44. The van der Waals surface area contributed by atoms with Gasteiger partial charge in [-0.15, -0.1) is 0 Å². The van der Waals surface area contributed by atoms with Crippen LogP contribution in [0.1, 0.15) is 18.7 Å². The second-order valence-corrected chi connectivity index (χ2v) is 8.56. The monoisotopic (exact) mass is 426 g/mol. The van der Waals surface area contributed by atoms with Crippen LogP contribution in [0.4, 0.5) is 5.69 Å². The standard InChI is InChI=1S/C18H16Cl2N2O4S/c1-11(23)26-18(13-7-6-12(19)10-15(13)20)22-9-8-14-16(21-27(2,24)25)4-3-5-17(14)22/h3-10,18,21H,1-2H3. The minimum absolute atomic E-state index is 0.348. The van der Waals surface area contributed by atoms with Crippen LogP contribution in [0.5, 0.6) is 0 Å². The van der Waals surface area contributed by atoms with Crippen LogP contribution >= 0.6 is 23.2 Å². The van der Waals surface area contributed by atoms with Crippen molar-refractivity contribution in [3.63, 3.8) is 0 Å². The fourth-order valence-corrected chi connectivity index (χ4v) is 3.89. The molecule has 1 unspecified atom stereocenters. The van der Waals surface area contributed by atoms with Crippen LogP contribution in [0, 0.1) is 0 Å². The van der Waals surface area contributed by atoms with E-state index in [1.165, 1.54) is 6.92 Å². The number of hydrogen-bond acceptors (Lipinski definition) is 4. The van der Waals surface area contributed by atoms with Crippen molar-refractivity contribution in [2.75, 3.05) is 11.0 Å². The van der Waals surface area contributed by atoms with Gasteiger partial charge in [0.25, 0.3) is 0 Å². The Hall–Kier alpha value is -2.22. The Kier molecular flexibility index (Phi) is 5.37. The second-order valence-electron chi connectivity index (χ2n) is 5.96. The third kappa shape index (κ3) is 4.37. The fraction of sp³-hybridized carbons (Fsp3) is 0.167. The summed E-state index contributed by atoms with van der Waals surface area (Å²) in [6.07, 6.45) is 1.95. The molecule has 0 aliphatic heterocycles. The molecule has 0 fully saturated rings. The highest BCUT2D eigenvalue weighted by molar-refractivity contribution is 7.92. The third-order valence-electron chi connectivity index (χ3n) is 3.82. The minimum Gasteiger partial charge on any atom is -0.437 e. The number of sulfonamides is 1. The average Bonchev–Trinajstić information content (AvgIpc) is 2.96. The maximum Gasteiger partial charge on any atom is 0.304 e. The maximum absolute atomic E-state index is 11.7. The zero-order valence-corrected chi connectivity index (χ0v) is 16.8. The molecule has 1 aromatic heterocycles. The van der Waals surface area contributed by atoms with Gasteiger partial charge in [-0.2, -0.15) is 0 Å². The first-order chi connectivity index (χ1) is 12.7. The average molecular weight is 427 g/mol. The van der Waals surface area contributed by atoms with Crippen LogP contribution in [0.25, 0.3) is 10.9 Å². The summed E-state index contributed by atoms with van der Waals surface area (Å²) in [4.78, 5) is 11.7. The maximum atomic E-state index is 11.7. The molecular formula is C18H16Cl2N2O4S. The highest BCUT2D eigenvalue weighted by Gasteiger charge is 2.22. The number of ether oxygens (including phenoxy) is 1. The van der Waals surface area contributed by atoms with E-state index < -0.39 is 22.2 Å². The van der Waals surface area contributed by atoms with Gasteiger partial charge in [0.1, 0.15) is 0 Å². The molecule has 0 amide bonds. The van der Waals surface area contributed by atoms with E-state index in [2.05, 4.69) is 4.72 Å². The second kappa shape index (κ2) is 7.42. The molecule has 0 aliphatic carbocycles. The van der Waals surface area contributed by atoms with Crippen molar-refractivity contribution in [3.8, 4) is 0 Å². The summed E-state index contributed by atoms with van der Waals surface area (Å²) in [5, 5.41) is 1.47. The smallest absolute Gasteiger partial charge is 0.304 e. The molecule has 3 rings (SSSR count). The topological polar surface area (TPSA) is 77.4 Å². The number of nitrogens with zero attached hydrogens (tertiary/aromatic N) is 1. The predicted octanol–water partition coefficient (Wildman–Crippen LogP) is 4.43. The summed E-state index contributed by atoms with van der Waals surface area (Å²) < 4.78 is 32.9. The largest absolute Gasteiger partial charge is 0.437 e. The first kappa shape index (κ1) is 19.5. The summed E-state index contributed by atoms with van der Waals surface area (Å²) in [7, 11) is -3.44. The van der Waals surface area contributed by atoms with E-state index in [4.69, 9.17) is 27.9 Å². The molecule has 142 valence electrons. The molecule has 0 saturated carbocycles. The fourth-order valence-electron chi connectivity index (χ4n) is 2.81. The van der Waals surface area contributed by atoms with Gasteiger partial charge >= 0.3 is 5.97 Å². The van der Waals surface area contributed by atoms with Crippen molar-refractivity contribution < 1.29 is 17.9 Å². The number of anilines is 1. The van der Waals surface area contributed by atoms with Gasteiger partial charge in [0.2, 0.25) is 16.3 Å². The molecule has 0 radical (unpaired) electrons. The molecule has 1 heterocycles. The summed E-state index contributed by atoms with van der Waals surface area (Å²) >= 11 is 12.3. The van der Waals surface area contributed by atoms with Gasteiger partial charge < -0.3 is 9.30 Å². The highest BCUT2D eigenvalue weighted by atomic mass is 35.5. The van der Waals surface area contributed by atoms with Gasteiger partial charge in [0.05, 0.1) is 22.5 Å². The lowest BCUT2D eigenvalue weighted by Gasteiger charge is -2.21. The van der Waals surface area contributed by atoms with Gasteiger partial charge in [0.15, 0.2) is 0 Å². The number of carbonyl (C=O) groups is 1. The van der Waals surface area contributed by atoms with Gasteiger partial charge in [-0.25, -0.2) is 8.42 Å². The van der Waals surface area contributed by atoms with Crippen LogP contribution < -0.4 is 4.72 Å². The van der Waals surface area contributed by atoms with E-state index in [1.807, 2.05) is 0 Å². The van der Waals surface area contributed by atoms with E-state index in [0.29, 0.717) is 32.2 Å². The number of esters is 1. The van der Waals surface area contributed by atoms with Crippen LogP contribution in [0.15, 0.2) is 48.7 Å². The van der Waals surface area contributed by atoms with Crippen LogP contribution in [0.2, 0.25) is 10.0 Å². The lowest BCUT2D eigenvalue weighted by molar-refractivity contribution is -0.148. The lowest BCUT2D eigenvalue weighted by Crippen LogP contribution is -2.17. The van der Waals surface area contributed by atoms with E-state index in [0.717, 1.165) is 6.26 Å². The molecule has 6 nitrogen and oxygen atoms in total. The molecule has 27 heavy (non-hydrogen) atoms. The van der Waals surface area contributed by atoms with E-state index in [9.17, 15) is 13.2 Å². The first-order valence-electron chi connectivity index (χ1n) is 7.85. The Morgan fingerprint density at radius 2 is 1.93 bits per heavy atom. The van der Waals surface area contributed by atoms with Crippen LogP contribution in [-0.2, 0) is 19.6 Å². The first-order valence-corrected chi connectivity index (χ1v) is 10.5. The molecule has 3 aromatic rings. The molecule has 1 atom stereocenters. The van der Waals surface area contributed by atoms with Crippen molar-refractivity contribution >= 4 is 55.8 Å². The molecular weight excluding hydrogens is 411 g/mol. The summed E-state index contributed by atoms with van der Waals surface area (Å²) in [6, 6.07) is 11.8. The van der Waals surface area contributed by atoms with E-state index >= 15 is 0 Å². The molecule has 0 aliphatic rings. The molecule has 0 spiro atoms. The number of aromatic nitrogens is 1. The summed E-state index contributed by atoms with van der Waals surface area (Å²) in [5.41, 5.74) is 1.65. The quantitative estimate of drug-likeness (QED) is 0.612. The molecule has 0 bridgehead atoms. The van der Waals surface area contributed by atoms with E-state index in [1.54, 1.807) is 53.2 Å². The zero-order valence-electron chi connectivity index (χ0n) is 14.4. The summed E-state index contributed by atoms with van der Waals surface area (Å²) in [5.74, 6) is -0.488. The normalized spacial score (nSPS) is 12.7. The predicted molar refractivity (Wildman–Crippen MR) is 107 cm³/mol. The van der Waals surface area contributed by atoms with Crippen LogP contribution in [-0.4, -0.2) is 25.2 Å². The number of carbonyl (C=O) groups excluding carboxylic acids is 1. The Morgan fingerprint density at radius 3 is 2.56 bits per heavy atom. The molecule has 9 heteroatoms. The Balaban J connectivity index is 2.17. The number of halogens is 2. The van der Waals surface area contributed by atoms with Crippen molar-refractivity contribution in [1.82, 2.24) is 4.57 Å². The lowest BCUT2D eigenvalue weighted by atomic mass is 10.2. The summed E-state index contributed by atoms with van der Waals surface area (Å²) in [6.45, 7) is 1.30. The van der Waals surface area contributed by atoms with Gasteiger partial charge in [0, 0.05) is 29.1 Å². The number of nitrogens with one attached hydrogen (secondary N) is 1. The van der Waals surface area contributed by atoms with Crippen molar-refractivity contribution in [3.05, 3.63) is 64.3 Å². The van der Waals surface area contributed by atoms with Crippen molar-refractivity contribution in [2.24, 2.45) is 0 Å². The van der Waals surface area contributed by atoms with Crippen molar-refractivity contribution in [1.29, 1.82) is 0 Å². The van der Waals surface area contributed by atoms with Gasteiger partial charge in [-0.05, 0) is 30.3 Å². The van der Waals surface area contributed by atoms with E-state index in [-0.39, 0.29) is 0 Å². The zero-order chi connectivity index (χ0) is 19.8. The molecule has 1 N–H and O–H groups in total. The number of hydrogen-bond donors (Lipinski definition) is 1. The number of fused-ring (bicyclic) bond motifs is 1. The third-order valence-corrected chi connectivity index (χ3v) is 4.97.